The lowest BCUT2D eigenvalue weighted by molar-refractivity contribution is -0.255. The number of hydrogen-bond acceptors (Lipinski definition) is 3. The second-order valence-corrected chi connectivity index (χ2v) is 4.71. The molecule has 1 saturated heterocycles. The quantitative estimate of drug-likeness (QED) is 0.678. The standard InChI is InChI=1S/C11H18O3/c1-4-13-8-6-5-7-9(12)11(2,3)10(7)14-8/h7-8,10H,4-6H2,1-3H3. The van der Waals surface area contributed by atoms with Gasteiger partial charge in [-0.15, -0.1) is 0 Å². The molecule has 0 aromatic carbocycles. The number of carbonyl (C=O) groups excluding carboxylic acids is 1. The molecule has 2 rings (SSSR count). The summed E-state index contributed by atoms with van der Waals surface area (Å²) in [5.74, 6) is 0.499. The van der Waals surface area contributed by atoms with Crippen molar-refractivity contribution < 1.29 is 14.3 Å². The van der Waals surface area contributed by atoms with E-state index in [0.717, 1.165) is 12.8 Å². The second kappa shape index (κ2) is 3.31. The van der Waals surface area contributed by atoms with E-state index in [1.165, 1.54) is 0 Å². The van der Waals surface area contributed by atoms with Gasteiger partial charge in [0.2, 0.25) is 0 Å². The maximum Gasteiger partial charge on any atom is 0.158 e. The molecule has 3 nitrogen and oxygen atoms in total. The number of Topliss-reactive ketones (excluding diaryl/α,β-unsaturated/α-hetero) is 1. The summed E-state index contributed by atoms with van der Waals surface area (Å²) in [5.41, 5.74) is -0.291. The van der Waals surface area contributed by atoms with Gasteiger partial charge in [0.1, 0.15) is 5.78 Å². The maximum absolute atomic E-state index is 11.7. The van der Waals surface area contributed by atoms with Gasteiger partial charge in [0.25, 0.3) is 0 Å². The highest BCUT2D eigenvalue weighted by molar-refractivity contribution is 5.94. The Balaban J connectivity index is 2.00. The summed E-state index contributed by atoms with van der Waals surface area (Å²) in [4.78, 5) is 11.7. The summed E-state index contributed by atoms with van der Waals surface area (Å²) in [6.45, 7) is 6.57. The van der Waals surface area contributed by atoms with Crippen molar-refractivity contribution in [3.63, 3.8) is 0 Å². The molecule has 1 aliphatic heterocycles. The van der Waals surface area contributed by atoms with Gasteiger partial charge in [-0.05, 0) is 19.8 Å². The first-order valence-corrected chi connectivity index (χ1v) is 5.38. The first-order valence-electron chi connectivity index (χ1n) is 5.38. The average molecular weight is 198 g/mol. The van der Waals surface area contributed by atoms with Crippen LogP contribution in [0.5, 0.6) is 0 Å². The van der Waals surface area contributed by atoms with E-state index in [0.29, 0.717) is 12.4 Å². The minimum Gasteiger partial charge on any atom is -0.353 e. The Morgan fingerprint density at radius 1 is 1.50 bits per heavy atom. The van der Waals surface area contributed by atoms with Gasteiger partial charge >= 0.3 is 0 Å². The van der Waals surface area contributed by atoms with Crippen LogP contribution < -0.4 is 0 Å². The third-order valence-electron chi connectivity index (χ3n) is 3.41. The Kier molecular flexibility index (Phi) is 2.40. The average Bonchev–Trinajstić information content (AvgIpc) is 2.18. The van der Waals surface area contributed by atoms with Crippen LogP contribution in [0, 0.1) is 11.3 Å². The molecule has 1 heterocycles. The molecule has 0 N–H and O–H groups in total. The van der Waals surface area contributed by atoms with Gasteiger partial charge in [-0.25, -0.2) is 0 Å². The van der Waals surface area contributed by atoms with Crippen molar-refractivity contribution in [3.8, 4) is 0 Å². The van der Waals surface area contributed by atoms with Gasteiger partial charge in [-0.3, -0.25) is 4.79 Å². The molecule has 0 spiro atoms. The zero-order chi connectivity index (χ0) is 10.3. The highest BCUT2D eigenvalue weighted by Crippen LogP contribution is 2.49. The Hall–Kier alpha value is -0.410. The largest absolute Gasteiger partial charge is 0.353 e. The van der Waals surface area contributed by atoms with Crippen LogP contribution in [0.25, 0.3) is 0 Å². The van der Waals surface area contributed by atoms with Crippen molar-refractivity contribution >= 4 is 5.78 Å². The molecule has 0 amide bonds. The van der Waals surface area contributed by atoms with Crippen LogP contribution in [0.3, 0.4) is 0 Å². The lowest BCUT2D eigenvalue weighted by Crippen LogP contribution is -2.63. The van der Waals surface area contributed by atoms with Gasteiger partial charge in [0.15, 0.2) is 6.29 Å². The number of hydrogen-bond donors (Lipinski definition) is 0. The molecule has 0 aromatic rings. The van der Waals surface area contributed by atoms with Gasteiger partial charge in [0.05, 0.1) is 11.5 Å². The minimum absolute atomic E-state index is 0.0836. The Bertz CT molecular complexity index is 247. The van der Waals surface area contributed by atoms with E-state index in [-0.39, 0.29) is 23.7 Å². The van der Waals surface area contributed by atoms with E-state index in [4.69, 9.17) is 9.47 Å². The topological polar surface area (TPSA) is 35.5 Å². The number of rotatable bonds is 2. The van der Waals surface area contributed by atoms with Crippen molar-refractivity contribution in [2.45, 2.75) is 46.0 Å². The van der Waals surface area contributed by atoms with E-state index < -0.39 is 0 Å². The Morgan fingerprint density at radius 2 is 2.21 bits per heavy atom. The normalized spacial score (nSPS) is 40.2. The number of carbonyl (C=O) groups is 1. The minimum atomic E-state index is -0.291. The van der Waals surface area contributed by atoms with Crippen molar-refractivity contribution in [2.75, 3.05) is 6.61 Å². The summed E-state index contributed by atoms with van der Waals surface area (Å²) < 4.78 is 11.2. The van der Waals surface area contributed by atoms with E-state index in [9.17, 15) is 4.79 Å². The fourth-order valence-electron chi connectivity index (χ4n) is 2.57. The summed E-state index contributed by atoms with van der Waals surface area (Å²) in [5, 5.41) is 0. The lowest BCUT2D eigenvalue weighted by atomic mass is 9.58. The molecule has 80 valence electrons. The lowest BCUT2D eigenvalue weighted by Gasteiger charge is -2.52. The van der Waals surface area contributed by atoms with Crippen LogP contribution >= 0.6 is 0 Å². The third-order valence-corrected chi connectivity index (χ3v) is 3.41. The first kappa shape index (κ1) is 10.1. The van der Waals surface area contributed by atoms with Crippen molar-refractivity contribution in [2.24, 2.45) is 11.3 Å². The number of ketones is 1. The Labute approximate surface area is 84.8 Å². The molecule has 0 radical (unpaired) electrons. The zero-order valence-electron chi connectivity index (χ0n) is 9.08. The molecule has 14 heavy (non-hydrogen) atoms. The molecular formula is C11H18O3. The van der Waals surface area contributed by atoms with E-state index in [2.05, 4.69) is 0 Å². The molecule has 1 saturated carbocycles. The van der Waals surface area contributed by atoms with E-state index >= 15 is 0 Å². The summed E-state index contributed by atoms with van der Waals surface area (Å²) in [6, 6.07) is 0. The number of fused-ring (bicyclic) bond motifs is 1. The fraction of sp³-hybridized carbons (Fsp3) is 0.909. The van der Waals surface area contributed by atoms with Crippen LogP contribution in [0.4, 0.5) is 0 Å². The molecule has 0 aromatic heterocycles. The molecule has 3 unspecified atom stereocenters. The van der Waals surface area contributed by atoms with Crippen molar-refractivity contribution in [3.05, 3.63) is 0 Å². The highest BCUT2D eigenvalue weighted by Gasteiger charge is 2.58. The maximum atomic E-state index is 11.7. The predicted octanol–water partition coefficient (Wildman–Crippen LogP) is 1.75. The van der Waals surface area contributed by atoms with Crippen LogP contribution in [0.2, 0.25) is 0 Å². The highest BCUT2D eigenvalue weighted by atomic mass is 16.7. The molecule has 2 aliphatic rings. The van der Waals surface area contributed by atoms with Crippen LogP contribution in [-0.4, -0.2) is 24.8 Å². The summed E-state index contributed by atoms with van der Waals surface area (Å²) in [7, 11) is 0. The Morgan fingerprint density at radius 3 is 2.86 bits per heavy atom. The van der Waals surface area contributed by atoms with Gasteiger partial charge in [0, 0.05) is 12.5 Å². The second-order valence-electron chi connectivity index (χ2n) is 4.71. The van der Waals surface area contributed by atoms with Gasteiger partial charge in [-0.1, -0.05) is 13.8 Å². The number of ether oxygens (including phenoxy) is 2. The van der Waals surface area contributed by atoms with Crippen LogP contribution in [0.15, 0.2) is 0 Å². The SMILES string of the molecule is CCOC1CCC2C(=O)C(C)(C)C2O1. The van der Waals surface area contributed by atoms with Crippen LogP contribution in [0.1, 0.15) is 33.6 Å². The van der Waals surface area contributed by atoms with E-state index in [1.807, 2.05) is 20.8 Å². The van der Waals surface area contributed by atoms with E-state index in [1.54, 1.807) is 0 Å². The zero-order valence-corrected chi connectivity index (χ0v) is 9.08. The molecule has 0 bridgehead atoms. The van der Waals surface area contributed by atoms with Crippen molar-refractivity contribution in [1.29, 1.82) is 0 Å². The predicted molar refractivity (Wildman–Crippen MR) is 51.8 cm³/mol. The molecular weight excluding hydrogens is 180 g/mol. The molecule has 3 heteroatoms. The van der Waals surface area contributed by atoms with Gasteiger partial charge < -0.3 is 9.47 Å². The smallest absolute Gasteiger partial charge is 0.158 e. The molecule has 2 fully saturated rings. The summed E-state index contributed by atoms with van der Waals surface area (Å²) >= 11 is 0. The van der Waals surface area contributed by atoms with Crippen LogP contribution in [-0.2, 0) is 14.3 Å². The summed E-state index contributed by atoms with van der Waals surface area (Å²) in [6.07, 6.45) is 1.78. The first-order chi connectivity index (χ1) is 6.57. The molecule has 1 aliphatic carbocycles. The molecule has 3 atom stereocenters. The monoisotopic (exact) mass is 198 g/mol. The third kappa shape index (κ3) is 1.30. The van der Waals surface area contributed by atoms with Crippen molar-refractivity contribution in [1.82, 2.24) is 0 Å². The fourth-order valence-corrected chi connectivity index (χ4v) is 2.57. The van der Waals surface area contributed by atoms with Gasteiger partial charge in [-0.2, -0.15) is 0 Å².